The van der Waals surface area contributed by atoms with Gasteiger partial charge in [0.2, 0.25) is 0 Å². The lowest BCUT2D eigenvalue weighted by atomic mass is 9.95. The number of esters is 1. The minimum atomic E-state index is -3.12. The van der Waals surface area contributed by atoms with Crippen molar-refractivity contribution in [3.05, 3.63) is 0 Å². The van der Waals surface area contributed by atoms with Crippen LogP contribution in [-0.2, 0) is 19.4 Å². The van der Waals surface area contributed by atoms with Crippen LogP contribution in [0.4, 0.5) is 4.39 Å². The Bertz CT molecular complexity index is 325. The van der Waals surface area contributed by atoms with E-state index >= 15 is 0 Å². The van der Waals surface area contributed by atoms with Crippen molar-refractivity contribution in [2.45, 2.75) is 25.4 Å². The number of sulfone groups is 1. The zero-order valence-corrected chi connectivity index (χ0v) is 9.43. The molecule has 2 unspecified atom stereocenters. The summed E-state index contributed by atoms with van der Waals surface area (Å²) in [5.74, 6) is -1.15. The number of hydrogen-bond acceptors (Lipinski definition) is 4. The van der Waals surface area contributed by atoms with Crippen LogP contribution in [-0.4, -0.2) is 39.2 Å². The van der Waals surface area contributed by atoms with E-state index < -0.39 is 27.9 Å². The topological polar surface area (TPSA) is 60.4 Å². The number of hydrogen-bond donors (Lipinski definition) is 0. The summed E-state index contributed by atoms with van der Waals surface area (Å²) in [4.78, 5) is 11.0. The molecule has 0 saturated carbocycles. The van der Waals surface area contributed by atoms with Crippen molar-refractivity contribution >= 4 is 15.8 Å². The van der Waals surface area contributed by atoms with Crippen molar-refractivity contribution < 1.29 is 22.3 Å². The molecule has 15 heavy (non-hydrogen) atoms. The number of carbonyl (C=O) groups excluding carboxylic acids is 1. The summed E-state index contributed by atoms with van der Waals surface area (Å²) in [6, 6.07) is 0. The van der Waals surface area contributed by atoms with E-state index in [1.165, 1.54) is 7.11 Å². The van der Waals surface area contributed by atoms with E-state index in [-0.39, 0.29) is 30.8 Å². The predicted molar refractivity (Wildman–Crippen MR) is 52.9 cm³/mol. The molecule has 0 bridgehead atoms. The number of carbonyl (C=O) groups is 1. The Balaban J connectivity index is 2.61. The van der Waals surface area contributed by atoms with Gasteiger partial charge >= 0.3 is 5.97 Å². The predicted octanol–water partition coefficient (Wildman–Crippen LogP) is 0.712. The molecular formula is C9H15FO4S. The minimum absolute atomic E-state index is 0.00993. The first-order valence-electron chi connectivity index (χ1n) is 4.86. The minimum Gasteiger partial charge on any atom is -0.469 e. The van der Waals surface area contributed by atoms with Gasteiger partial charge in [0.15, 0.2) is 0 Å². The van der Waals surface area contributed by atoms with Crippen molar-refractivity contribution in [2.24, 2.45) is 5.92 Å². The molecule has 4 nitrogen and oxygen atoms in total. The van der Waals surface area contributed by atoms with Crippen LogP contribution in [0.25, 0.3) is 0 Å². The molecular weight excluding hydrogens is 223 g/mol. The molecule has 0 aromatic carbocycles. The number of halogens is 1. The summed E-state index contributed by atoms with van der Waals surface area (Å²) in [5.41, 5.74) is 0. The summed E-state index contributed by atoms with van der Waals surface area (Å²) in [6.07, 6.45) is -1.06. The maximum atomic E-state index is 13.5. The Morgan fingerprint density at radius 1 is 1.40 bits per heavy atom. The molecule has 0 spiro atoms. The van der Waals surface area contributed by atoms with Gasteiger partial charge in [0, 0.05) is 5.92 Å². The first-order valence-corrected chi connectivity index (χ1v) is 6.68. The van der Waals surface area contributed by atoms with E-state index in [4.69, 9.17) is 0 Å². The lowest BCUT2D eigenvalue weighted by molar-refractivity contribution is -0.142. The maximum absolute atomic E-state index is 13.5. The van der Waals surface area contributed by atoms with Crippen LogP contribution in [0.3, 0.4) is 0 Å². The second-order valence-corrected chi connectivity index (χ2v) is 6.09. The second-order valence-electron chi connectivity index (χ2n) is 3.79. The van der Waals surface area contributed by atoms with Crippen LogP contribution in [0.15, 0.2) is 0 Å². The molecule has 0 aliphatic carbocycles. The monoisotopic (exact) mass is 238 g/mol. The van der Waals surface area contributed by atoms with Crippen molar-refractivity contribution in [3.8, 4) is 0 Å². The molecule has 0 radical (unpaired) electrons. The number of alkyl halides is 1. The van der Waals surface area contributed by atoms with Gasteiger partial charge in [0.05, 0.1) is 25.0 Å². The van der Waals surface area contributed by atoms with Crippen LogP contribution in [0.5, 0.6) is 0 Å². The quantitative estimate of drug-likeness (QED) is 0.665. The van der Waals surface area contributed by atoms with Crippen molar-refractivity contribution in [2.75, 3.05) is 18.6 Å². The molecule has 0 amide bonds. The standard InChI is InChI=1S/C9H15FO4S/c1-14-9(11)6-7-2-4-15(12,13)5-3-8(7)10/h7-8H,2-6H2,1H3. The van der Waals surface area contributed by atoms with Gasteiger partial charge in [-0.2, -0.15) is 0 Å². The molecule has 2 atom stereocenters. The fourth-order valence-corrected chi connectivity index (χ4v) is 3.12. The SMILES string of the molecule is COC(=O)CC1CCS(=O)(=O)CCC1F. The maximum Gasteiger partial charge on any atom is 0.305 e. The highest BCUT2D eigenvalue weighted by atomic mass is 32.2. The first-order chi connectivity index (χ1) is 6.94. The third kappa shape index (κ3) is 3.77. The molecule has 1 fully saturated rings. The zero-order chi connectivity index (χ0) is 11.5. The van der Waals surface area contributed by atoms with Crippen LogP contribution in [0.1, 0.15) is 19.3 Å². The van der Waals surface area contributed by atoms with E-state index in [1.807, 2.05) is 0 Å². The van der Waals surface area contributed by atoms with E-state index in [2.05, 4.69) is 4.74 Å². The summed E-state index contributed by atoms with van der Waals surface area (Å²) in [7, 11) is -1.88. The molecule has 0 N–H and O–H groups in total. The Hall–Kier alpha value is -0.650. The lowest BCUT2D eigenvalue weighted by Crippen LogP contribution is -2.20. The van der Waals surface area contributed by atoms with Crippen LogP contribution < -0.4 is 0 Å². The molecule has 1 aliphatic rings. The smallest absolute Gasteiger partial charge is 0.305 e. The van der Waals surface area contributed by atoms with Gasteiger partial charge in [-0.15, -0.1) is 0 Å². The molecule has 1 rings (SSSR count). The van der Waals surface area contributed by atoms with E-state index in [0.29, 0.717) is 0 Å². The third-order valence-electron chi connectivity index (χ3n) is 2.67. The van der Waals surface area contributed by atoms with Gasteiger partial charge in [0.25, 0.3) is 0 Å². The highest BCUT2D eigenvalue weighted by Crippen LogP contribution is 2.25. The van der Waals surface area contributed by atoms with E-state index in [9.17, 15) is 17.6 Å². The molecule has 88 valence electrons. The average molecular weight is 238 g/mol. The lowest BCUT2D eigenvalue weighted by Gasteiger charge is -2.15. The fourth-order valence-electron chi connectivity index (χ4n) is 1.67. The van der Waals surface area contributed by atoms with Gasteiger partial charge in [-0.3, -0.25) is 4.79 Å². The highest BCUT2D eigenvalue weighted by Gasteiger charge is 2.30. The van der Waals surface area contributed by atoms with Gasteiger partial charge in [0.1, 0.15) is 16.0 Å². The summed E-state index contributed by atoms with van der Waals surface area (Å²) in [6.45, 7) is 0. The average Bonchev–Trinajstić information content (AvgIpc) is 2.31. The van der Waals surface area contributed by atoms with Gasteiger partial charge in [-0.25, -0.2) is 12.8 Å². The number of methoxy groups -OCH3 is 1. The molecule has 1 saturated heterocycles. The van der Waals surface area contributed by atoms with E-state index in [0.717, 1.165) is 0 Å². The zero-order valence-electron chi connectivity index (χ0n) is 8.61. The Morgan fingerprint density at radius 3 is 2.60 bits per heavy atom. The molecule has 6 heteroatoms. The van der Waals surface area contributed by atoms with Crippen molar-refractivity contribution in [3.63, 3.8) is 0 Å². The molecule has 0 aromatic heterocycles. The fraction of sp³-hybridized carbons (Fsp3) is 0.889. The highest BCUT2D eigenvalue weighted by molar-refractivity contribution is 7.91. The van der Waals surface area contributed by atoms with E-state index in [1.54, 1.807) is 0 Å². The normalized spacial score (nSPS) is 30.5. The van der Waals surface area contributed by atoms with Gasteiger partial charge in [-0.05, 0) is 12.8 Å². The Morgan fingerprint density at radius 2 is 2.00 bits per heavy atom. The summed E-state index contributed by atoms with van der Waals surface area (Å²) >= 11 is 0. The Labute approximate surface area is 88.7 Å². The first kappa shape index (κ1) is 12.4. The molecule has 1 heterocycles. The summed E-state index contributed by atoms with van der Waals surface area (Å²) < 4.78 is 40.4. The second kappa shape index (κ2) is 4.92. The molecule has 1 aliphatic heterocycles. The van der Waals surface area contributed by atoms with Crippen LogP contribution >= 0.6 is 0 Å². The van der Waals surface area contributed by atoms with Crippen LogP contribution in [0.2, 0.25) is 0 Å². The third-order valence-corrected chi connectivity index (χ3v) is 4.39. The largest absolute Gasteiger partial charge is 0.469 e. The van der Waals surface area contributed by atoms with Gasteiger partial charge < -0.3 is 4.74 Å². The Kier molecular flexibility index (Phi) is 4.07. The van der Waals surface area contributed by atoms with Gasteiger partial charge in [-0.1, -0.05) is 0 Å². The summed E-state index contributed by atoms with van der Waals surface area (Å²) in [5, 5.41) is 0. The number of rotatable bonds is 2. The molecule has 0 aromatic rings. The van der Waals surface area contributed by atoms with Crippen LogP contribution in [0, 0.1) is 5.92 Å². The number of ether oxygens (including phenoxy) is 1. The van der Waals surface area contributed by atoms with Crippen molar-refractivity contribution in [1.82, 2.24) is 0 Å². The van der Waals surface area contributed by atoms with Crippen molar-refractivity contribution in [1.29, 1.82) is 0 Å².